The molecule has 0 amide bonds. The second-order valence-corrected chi connectivity index (χ2v) is 5.24. The lowest BCUT2D eigenvalue weighted by atomic mass is 10.2. The van der Waals surface area contributed by atoms with Gasteiger partial charge < -0.3 is 14.5 Å². The Kier molecular flexibility index (Phi) is 5.67. The highest BCUT2D eigenvalue weighted by atomic mass is 16.5. The molecule has 19 heavy (non-hydrogen) atoms. The topological polar surface area (TPSA) is 15.7 Å². The summed E-state index contributed by atoms with van der Waals surface area (Å²) in [5.41, 5.74) is 1.25. The number of ether oxygens (including phenoxy) is 1. The Morgan fingerprint density at radius 2 is 1.79 bits per heavy atom. The molecule has 105 valence electrons. The fraction of sp³-hybridized carbons (Fsp3) is 0.562. The Morgan fingerprint density at radius 3 is 2.42 bits per heavy atom. The van der Waals surface area contributed by atoms with E-state index < -0.39 is 0 Å². The number of nitrogens with zero attached hydrogens (tertiary/aromatic N) is 2. The highest BCUT2D eigenvalue weighted by molar-refractivity contribution is 5.27. The quantitative estimate of drug-likeness (QED) is 0.729. The van der Waals surface area contributed by atoms with Crippen LogP contribution in [0.25, 0.3) is 0 Å². The zero-order valence-electron chi connectivity index (χ0n) is 12.0. The summed E-state index contributed by atoms with van der Waals surface area (Å²) >= 11 is 0. The molecule has 3 heteroatoms. The van der Waals surface area contributed by atoms with Gasteiger partial charge in [0.25, 0.3) is 0 Å². The highest BCUT2D eigenvalue weighted by Gasteiger charge is 2.12. The molecule has 0 aliphatic carbocycles. The molecule has 1 aliphatic heterocycles. The first-order valence-electron chi connectivity index (χ1n) is 7.20. The second-order valence-electron chi connectivity index (χ2n) is 5.24. The van der Waals surface area contributed by atoms with Crippen molar-refractivity contribution in [3.63, 3.8) is 0 Å². The van der Waals surface area contributed by atoms with Crippen molar-refractivity contribution in [3.8, 4) is 5.75 Å². The van der Waals surface area contributed by atoms with Gasteiger partial charge in [0.15, 0.2) is 0 Å². The smallest absolute Gasteiger partial charge is 0.119 e. The van der Waals surface area contributed by atoms with Crippen LogP contribution >= 0.6 is 0 Å². The molecule has 0 N–H and O–H groups in total. The van der Waals surface area contributed by atoms with Crippen molar-refractivity contribution in [3.05, 3.63) is 36.8 Å². The maximum atomic E-state index is 5.76. The van der Waals surface area contributed by atoms with E-state index in [1.807, 2.05) is 12.1 Å². The van der Waals surface area contributed by atoms with Gasteiger partial charge in [-0.3, -0.25) is 0 Å². The minimum Gasteiger partial charge on any atom is -0.494 e. The van der Waals surface area contributed by atoms with Crippen LogP contribution in [0.15, 0.2) is 24.3 Å². The predicted molar refractivity (Wildman–Crippen MR) is 79.6 cm³/mol. The normalized spacial score (nSPS) is 17.6. The van der Waals surface area contributed by atoms with Crippen molar-refractivity contribution in [2.45, 2.75) is 12.8 Å². The fourth-order valence-electron chi connectivity index (χ4n) is 2.30. The van der Waals surface area contributed by atoms with E-state index in [2.05, 4.69) is 35.9 Å². The van der Waals surface area contributed by atoms with Crippen LogP contribution in [0.1, 0.15) is 12.0 Å². The van der Waals surface area contributed by atoms with Gasteiger partial charge in [0.1, 0.15) is 5.75 Å². The van der Waals surface area contributed by atoms with Gasteiger partial charge in [0, 0.05) is 32.7 Å². The summed E-state index contributed by atoms with van der Waals surface area (Å²) in [5, 5.41) is 0. The fourth-order valence-corrected chi connectivity index (χ4v) is 2.30. The lowest BCUT2D eigenvalue weighted by Crippen LogP contribution is -2.44. The molecule has 0 bridgehead atoms. The standard InChI is InChI=1S/C16H25N2O/c1-3-15-5-7-16(8-6-15)19-14-4-9-18-12-10-17(2)11-13-18/h5-8H,1,3-4,9-14H2,2H3. The van der Waals surface area contributed by atoms with E-state index in [0.29, 0.717) is 0 Å². The minimum absolute atomic E-state index is 0.802. The molecule has 1 aliphatic rings. The van der Waals surface area contributed by atoms with E-state index >= 15 is 0 Å². The van der Waals surface area contributed by atoms with Crippen molar-refractivity contribution in [1.82, 2.24) is 9.80 Å². The average Bonchev–Trinajstić information content (AvgIpc) is 2.46. The summed E-state index contributed by atoms with van der Waals surface area (Å²) in [6.45, 7) is 10.6. The zero-order chi connectivity index (χ0) is 13.5. The highest BCUT2D eigenvalue weighted by Crippen LogP contribution is 2.12. The third-order valence-electron chi connectivity index (χ3n) is 3.70. The summed E-state index contributed by atoms with van der Waals surface area (Å²) < 4.78 is 5.76. The number of rotatable bonds is 6. The van der Waals surface area contributed by atoms with E-state index in [1.165, 1.54) is 31.7 Å². The first kappa shape index (κ1) is 14.4. The minimum atomic E-state index is 0.802. The van der Waals surface area contributed by atoms with Crippen LogP contribution < -0.4 is 4.74 Å². The summed E-state index contributed by atoms with van der Waals surface area (Å²) in [5.74, 6) is 0.968. The van der Waals surface area contributed by atoms with Gasteiger partial charge in [-0.2, -0.15) is 0 Å². The van der Waals surface area contributed by atoms with Crippen LogP contribution in [0.4, 0.5) is 0 Å². The molecular weight excluding hydrogens is 236 g/mol. The average molecular weight is 261 g/mol. The molecule has 1 saturated heterocycles. The molecule has 0 spiro atoms. The monoisotopic (exact) mass is 261 g/mol. The second kappa shape index (κ2) is 7.51. The Hall–Kier alpha value is -1.06. The lowest BCUT2D eigenvalue weighted by Gasteiger charge is -2.32. The molecule has 0 atom stereocenters. The van der Waals surface area contributed by atoms with Gasteiger partial charge >= 0.3 is 0 Å². The van der Waals surface area contributed by atoms with Gasteiger partial charge in [-0.05, 0) is 44.5 Å². The SMILES string of the molecule is [CH2]Cc1ccc(OCCCN2CCN(C)CC2)cc1. The molecule has 0 unspecified atom stereocenters. The summed E-state index contributed by atoms with van der Waals surface area (Å²) in [7, 11) is 2.19. The number of piperazine rings is 1. The molecule has 1 aromatic rings. The van der Waals surface area contributed by atoms with E-state index in [-0.39, 0.29) is 0 Å². The number of likely N-dealkylation sites (N-methyl/N-ethyl adjacent to an activating group) is 1. The molecule has 1 aromatic carbocycles. The molecular formula is C16H25N2O. The van der Waals surface area contributed by atoms with Crippen LogP contribution in [-0.4, -0.2) is 56.2 Å². The predicted octanol–water partition coefficient (Wildman–Crippen LogP) is 2.08. The maximum Gasteiger partial charge on any atom is 0.119 e. The van der Waals surface area contributed by atoms with Crippen molar-refractivity contribution in [1.29, 1.82) is 0 Å². The Bertz CT molecular complexity index is 356. The van der Waals surface area contributed by atoms with E-state index in [0.717, 1.165) is 31.7 Å². The molecule has 3 nitrogen and oxygen atoms in total. The largest absolute Gasteiger partial charge is 0.494 e. The van der Waals surface area contributed by atoms with Crippen molar-refractivity contribution in [2.24, 2.45) is 0 Å². The van der Waals surface area contributed by atoms with E-state index in [9.17, 15) is 0 Å². The first-order valence-corrected chi connectivity index (χ1v) is 7.20. The number of benzene rings is 1. The van der Waals surface area contributed by atoms with Crippen LogP contribution in [0.5, 0.6) is 5.75 Å². The van der Waals surface area contributed by atoms with Crippen LogP contribution in [0.2, 0.25) is 0 Å². The Morgan fingerprint density at radius 1 is 1.11 bits per heavy atom. The van der Waals surface area contributed by atoms with E-state index in [4.69, 9.17) is 4.74 Å². The van der Waals surface area contributed by atoms with E-state index in [1.54, 1.807) is 0 Å². The Balaban J connectivity index is 1.61. The third-order valence-corrected chi connectivity index (χ3v) is 3.70. The lowest BCUT2D eigenvalue weighted by molar-refractivity contribution is 0.145. The van der Waals surface area contributed by atoms with Crippen LogP contribution in [0.3, 0.4) is 0 Å². The molecule has 1 heterocycles. The van der Waals surface area contributed by atoms with Gasteiger partial charge in [-0.25, -0.2) is 0 Å². The van der Waals surface area contributed by atoms with Crippen LogP contribution in [0, 0.1) is 6.92 Å². The van der Waals surface area contributed by atoms with Crippen molar-refractivity contribution >= 4 is 0 Å². The van der Waals surface area contributed by atoms with Crippen molar-refractivity contribution < 1.29 is 4.74 Å². The summed E-state index contributed by atoms with van der Waals surface area (Å²) in [6, 6.07) is 8.25. The number of hydrogen-bond acceptors (Lipinski definition) is 3. The van der Waals surface area contributed by atoms with Gasteiger partial charge in [-0.1, -0.05) is 12.1 Å². The summed E-state index contributed by atoms with van der Waals surface area (Å²) in [6.07, 6.45) is 1.94. The molecule has 0 saturated carbocycles. The van der Waals surface area contributed by atoms with Gasteiger partial charge in [0.2, 0.25) is 0 Å². The van der Waals surface area contributed by atoms with Gasteiger partial charge in [-0.15, -0.1) is 0 Å². The summed E-state index contributed by atoms with van der Waals surface area (Å²) in [4.78, 5) is 4.91. The maximum absolute atomic E-state index is 5.76. The first-order chi connectivity index (χ1) is 9.28. The third kappa shape index (κ3) is 4.84. The molecule has 2 rings (SSSR count). The number of hydrogen-bond donors (Lipinski definition) is 0. The Labute approximate surface area is 117 Å². The zero-order valence-corrected chi connectivity index (χ0v) is 12.0. The van der Waals surface area contributed by atoms with Crippen LogP contribution in [-0.2, 0) is 6.42 Å². The van der Waals surface area contributed by atoms with Crippen molar-refractivity contribution in [2.75, 3.05) is 46.4 Å². The van der Waals surface area contributed by atoms with Gasteiger partial charge in [0.05, 0.1) is 6.61 Å². The molecule has 1 radical (unpaired) electrons. The molecule has 1 fully saturated rings. The molecule has 0 aromatic heterocycles.